The highest BCUT2D eigenvalue weighted by atomic mass is 32.2. The van der Waals surface area contributed by atoms with Crippen molar-refractivity contribution in [2.45, 2.75) is 12.0 Å². The van der Waals surface area contributed by atoms with Crippen molar-refractivity contribution in [3.8, 4) is 0 Å². The number of nitrogens with zero attached hydrogens (tertiary/aromatic N) is 1. The summed E-state index contributed by atoms with van der Waals surface area (Å²) in [4.78, 5) is 23.7. The number of nitrogens with one attached hydrogen (secondary N) is 1. The summed E-state index contributed by atoms with van der Waals surface area (Å²) in [6.45, 7) is 2.54. The molecule has 3 rings (SSSR count). The van der Waals surface area contributed by atoms with Crippen molar-refractivity contribution in [1.29, 1.82) is 0 Å². The van der Waals surface area contributed by atoms with Gasteiger partial charge in [0.2, 0.25) is 5.09 Å². The standard InChI is InChI=1S/C17H18N2O6S/c1-12(20)13-3-2-4-14(11-13)18-17(21)15-5-6-16(25-15)26(22,23)19-7-9-24-10-8-19/h2-6,11H,7-10H2,1H3,(H,18,21). The molecule has 1 saturated heterocycles. The number of carbonyl (C=O) groups excluding carboxylic acids is 2. The van der Waals surface area contributed by atoms with Crippen LogP contribution in [0.5, 0.6) is 0 Å². The monoisotopic (exact) mass is 378 g/mol. The van der Waals surface area contributed by atoms with E-state index in [0.29, 0.717) is 24.5 Å². The molecule has 1 aromatic carbocycles. The van der Waals surface area contributed by atoms with Crippen LogP contribution in [0.3, 0.4) is 0 Å². The Morgan fingerprint density at radius 3 is 2.54 bits per heavy atom. The second kappa shape index (κ2) is 7.40. The fourth-order valence-electron chi connectivity index (χ4n) is 2.50. The minimum Gasteiger partial charge on any atom is -0.438 e. The maximum atomic E-state index is 12.5. The molecule has 9 heteroatoms. The molecule has 1 aliphatic rings. The highest BCUT2D eigenvalue weighted by Crippen LogP contribution is 2.21. The smallest absolute Gasteiger partial charge is 0.291 e. The van der Waals surface area contributed by atoms with Gasteiger partial charge in [-0.3, -0.25) is 9.59 Å². The van der Waals surface area contributed by atoms with E-state index in [4.69, 9.17) is 9.15 Å². The maximum absolute atomic E-state index is 12.5. The number of hydrogen-bond acceptors (Lipinski definition) is 6. The molecular weight excluding hydrogens is 360 g/mol. The second-order valence-corrected chi connectivity index (χ2v) is 7.60. The lowest BCUT2D eigenvalue weighted by Crippen LogP contribution is -2.40. The fourth-order valence-corrected chi connectivity index (χ4v) is 3.82. The lowest BCUT2D eigenvalue weighted by atomic mass is 10.1. The maximum Gasteiger partial charge on any atom is 0.291 e. The summed E-state index contributed by atoms with van der Waals surface area (Å²) < 4.78 is 36.7. The summed E-state index contributed by atoms with van der Waals surface area (Å²) >= 11 is 0. The van der Waals surface area contributed by atoms with Gasteiger partial charge in [0.05, 0.1) is 13.2 Å². The van der Waals surface area contributed by atoms with Gasteiger partial charge < -0.3 is 14.5 Å². The lowest BCUT2D eigenvalue weighted by molar-refractivity contribution is 0.0723. The van der Waals surface area contributed by atoms with E-state index in [2.05, 4.69) is 5.32 Å². The van der Waals surface area contributed by atoms with E-state index in [9.17, 15) is 18.0 Å². The van der Waals surface area contributed by atoms with E-state index in [-0.39, 0.29) is 29.7 Å². The zero-order valence-corrected chi connectivity index (χ0v) is 14.9. The molecule has 1 amide bonds. The highest BCUT2D eigenvalue weighted by Gasteiger charge is 2.30. The van der Waals surface area contributed by atoms with Gasteiger partial charge >= 0.3 is 0 Å². The number of benzene rings is 1. The van der Waals surface area contributed by atoms with Gasteiger partial charge in [-0.05, 0) is 31.2 Å². The average Bonchev–Trinajstić information content (AvgIpc) is 3.14. The molecule has 0 saturated carbocycles. The minimum atomic E-state index is -3.80. The van der Waals surface area contributed by atoms with Gasteiger partial charge in [-0.2, -0.15) is 4.31 Å². The van der Waals surface area contributed by atoms with Gasteiger partial charge in [-0.1, -0.05) is 12.1 Å². The third kappa shape index (κ3) is 3.85. The minimum absolute atomic E-state index is 0.127. The van der Waals surface area contributed by atoms with E-state index < -0.39 is 15.9 Å². The van der Waals surface area contributed by atoms with Crippen LogP contribution >= 0.6 is 0 Å². The molecule has 1 aromatic heterocycles. The summed E-state index contributed by atoms with van der Waals surface area (Å²) in [6.07, 6.45) is 0. The molecule has 0 atom stereocenters. The van der Waals surface area contributed by atoms with E-state index in [0.717, 1.165) is 0 Å². The Morgan fingerprint density at radius 1 is 1.12 bits per heavy atom. The Bertz CT molecular complexity index is 928. The highest BCUT2D eigenvalue weighted by molar-refractivity contribution is 7.89. The first kappa shape index (κ1) is 18.3. The van der Waals surface area contributed by atoms with E-state index in [1.54, 1.807) is 18.2 Å². The van der Waals surface area contributed by atoms with Crippen LogP contribution in [0.25, 0.3) is 0 Å². The molecule has 1 aliphatic heterocycles. The molecule has 8 nitrogen and oxygen atoms in total. The van der Waals surface area contributed by atoms with Gasteiger partial charge in [0.15, 0.2) is 11.5 Å². The number of hydrogen-bond donors (Lipinski definition) is 1. The number of ketones is 1. The third-order valence-electron chi connectivity index (χ3n) is 3.90. The number of amides is 1. The number of morpholine rings is 1. The van der Waals surface area contributed by atoms with E-state index >= 15 is 0 Å². The van der Waals surface area contributed by atoms with Gasteiger partial charge in [0.1, 0.15) is 0 Å². The van der Waals surface area contributed by atoms with Crippen molar-refractivity contribution >= 4 is 27.4 Å². The number of ether oxygens (including phenoxy) is 1. The lowest BCUT2D eigenvalue weighted by Gasteiger charge is -2.24. The van der Waals surface area contributed by atoms with Crippen LogP contribution in [0.1, 0.15) is 27.8 Å². The first-order valence-corrected chi connectivity index (χ1v) is 9.42. The molecule has 26 heavy (non-hydrogen) atoms. The Labute approximate surface area is 150 Å². The van der Waals surface area contributed by atoms with Crippen LogP contribution in [0.2, 0.25) is 0 Å². The van der Waals surface area contributed by atoms with E-state index in [1.807, 2.05) is 0 Å². The molecule has 2 heterocycles. The summed E-state index contributed by atoms with van der Waals surface area (Å²) in [5.74, 6) is -0.864. The van der Waals surface area contributed by atoms with Gasteiger partial charge in [0.25, 0.3) is 15.9 Å². The average molecular weight is 378 g/mol. The molecule has 138 valence electrons. The van der Waals surface area contributed by atoms with Crippen LogP contribution in [0.15, 0.2) is 45.9 Å². The summed E-state index contributed by atoms with van der Waals surface area (Å²) in [5.41, 5.74) is 0.870. The molecule has 0 bridgehead atoms. The van der Waals surface area contributed by atoms with Crippen molar-refractivity contribution in [2.24, 2.45) is 0 Å². The first-order chi connectivity index (χ1) is 12.4. The summed E-state index contributed by atoms with van der Waals surface area (Å²) in [5, 5.41) is 2.29. The Hall–Kier alpha value is -2.49. The second-order valence-electron chi connectivity index (χ2n) is 5.73. The largest absolute Gasteiger partial charge is 0.438 e. The zero-order valence-electron chi connectivity index (χ0n) is 14.1. The van der Waals surface area contributed by atoms with Gasteiger partial charge in [0, 0.05) is 24.3 Å². The van der Waals surface area contributed by atoms with Crippen molar-refractivity contribution < 1.29 is 27.2 Å². The SMILES string of the molecule is CC(=O)c1cccc(NC(=O)c2ccc(S(=O)(=O)N3CCOCC3)o2)c1. The van der Waals surface area contributed by atoms with Gasteiger partial charge in [-0.15, -0.1) is 0 Å². The number of Topliss-reactive ketones (excluding diaryl/α,β-unsaturated/α-hetero) is 1. The van der Waals surface area contributed by atoms with Crippen LogP contribution < -0.4 is 5.32 Å². The normalized spacial score (nSPS) is 15.6. The molecule has 1 N–H and O–H groups in total. The Balaban J connectivity index is 1.76. The summed E-state index contributed by atoms with van der Waals surface area (Å²) in [7, 11) is -3.80. The molecule has 0 aliphatic carbocycles. The Morgan fingerprint density at radius 2 is 1.85 bits per heavy atom. The molecular formula is C17H18N2O6S. The molecule has 0 unspecified atom stereocenters. The van der Waals surface area contributed by atoms with Crippen molar-refractivity contribution in [3.05, 3.63) is 47.7 Å². The van der Waals surface area contributed by atoms with Crippen LogP contribution in [0.4, 0.5) is 5.69 Å². The number of rotatable bonds is 5. The van der Waals surface area contributed by atoms with Crippen molar-refractivity contribution in [1.82, 2.24) is 4.31 Å². The molecule has 2 aromatic rings. The fraction of sp³-hybridized carbons (Fsp3) is 0.294. The summed E-state index contributed by atoms with van der Waals surface area (Å²) in [6, 6.07) is 9.00. The zero-order chi connectivity index (χ0) is 18.7. The number of sulfonamides is 1. The predicted molar refractivity (Wildman–Crippen MR) is 92.7 cm³/mol. The van der Waals surface area contributed by atoms with Gasteiger partial charge in [-0.25, -0.2) is 8.42 Å². The van der Waals surface area contributed by atoms with Crippen LogP contribution in [0, 0.1) is 0 Å². The Kier molecular flexibility index (Phi) is 5.21. The topological polar surface area (TPSA) is 106 Å². The molecule has 1 fully saturated rings. The quantitative estimate of drug-likeness (QED) is 0.795. The number of carbonyl (C=O) groups is 2. The van der Waals surface area contributed by atoms with Crippen molar-refractivity contribution in [3.63, 3.8) is 0 Å². The van der Waals surface area contributed by atoms with Crippen LogP contribution in [-0.2, 0) is 14.8 Å². The van der Waals surface area contributed by atoms with Crippen molar-refractivity contribution in [2.75, 3.05) is 31.6 Å². The number of anilines is 1. The van der Waals surface area contributed by atoms with E-state index in [1.165, 1.54) is 29.4 Å². The molecule has 0 radical (unpaired) electrons. The number of furan rings is 1. The first-order valence-electron chi connectivity index (χ1n) is 7.98. The molecule has 0 spiro atoms. The van der Waals surface area contributed by atoms with Crippen LogP contribution in [-0.4, -0.2) is 50.7 Å². The third-order valence-corrected chi connectivity index (χ3v) is 5.67. The predicted octanol–water partition coefficient (Wildman–Crippen LogP) is 1.76.